The number of methoxy groups -OCH3 is 1. The van der Waals surface area contributed by atoms with Crippen LogP contribution < -0.4 is 10.6 Å². The standard InChI is InChI=1S/C16H26N2O2/c1-3-7-15(14-8-5-4-6-9-14)17-11-10-16(19)18-12-13-20-2/h4-6,8-9,15,17H,3,7,10-13H2,1-2H3,(H,18,19). The van der Waals surface area contributed by atoms with Gasteiger partial charge in [0.2, 0.25) is 5.91 Å². The van der Waals surface area contributed by atoms with Crippen molar-refractivity contribution in [3.63, 3.8) is 0 Å². The Bertz CT molecular complexity index is 368. The first kappa shape index (κ1) is 16.7. The SMILES string of the molecule is CCCC(NCCC(=O)NCCOC)c1ccccc1. The van der Waals surface area contributed by atoms with Gasteiger partial charge in [0.05, 0.1) is 6.61 Å². The Morgan fingerprint density at radius 2 is 2.00 bits per heavy atom. The van der Waals surface area contributed by atoms with Crippen LogP contribution in [0.5, 0.6) is 0 Å². The molecule has 1 atom stereocenters. The quantitative estimate of drug-likeness (QED) is 0.646. The van der Waals surface area contributed by atoms with E-state index in [2.05, 4.69) is 41.8 Å². The lowest BCUT2D eigenvalue weighted by Gasteiger charge is -2.18. The minimum atomic E-state index is 0.0675. The summed E-state index contributed by atoms with van der Waals surface area (Å²) in [5.41, 5.74) is 1.29. The number of ether oxygens (including phenoxy) is 1. The molecule has 2 N–H and O–H groups in total. The highest BCUT2D eigenvalue weighted by atomic mass is 16.5. The van der Waals surface area contributed by atoms with Crippen LogP contribution in [0.3, 0.4) is 0 Å². The van der Waals surface area contributed by atoms with Gasteiger partial charge in [-0.3, -0.25) is 4.79 Å². The van der Waals surface area contributed by atoms with Crippen molar-refractivity contribution in [3.05, 3.63) is 35.9 Å². The molecule has 0 aliphatic heterocycles. The molecule has 0 radical (unpaired) electrons. The van der Waals surface area contributed by atoms with Crippen LogP contribution in [-0.2, 0) is 9.53 Å². The van der Waals surface area contributed by atoms with E-state index in [0.29, 0.717) is 32.2 Å². The van der Waals surface area contributed by atoms with Crippen molar-refractivity contribution in [2.45, 2.75) is 32.2 Å². The number of hydrogen-bond donors (Lipinski definition) is 2. The van der Waals surface area contributed by atoms with Crippen molar-refractivity contribution in [3.8, 4) is 0 Å². The molecule has 1 rings (SSSR count). The Labute approximate surface area is 121 Å². The number of carbonyl (C=O) groups excluding carboxylic acids is 1. The fourth-order valence-electron chi connectivity index (χ4n) is 2.10. The molecule has 0 spiro atoms. The van der Waals surface area contributed by atoms with Crippen molar-refractivity contribution < 1.29 is 9.53 Å². The second-order valence-electron chi connectivity index (χ2n) is 4.80. The molecule has 0 saturated carbocycles. The Morgan fingerprint density at radius 1 is 1.25 bits per heavy atom. The van der Waals surface area contributed by atoms with Crippen LogP contribution in [0.15, 0.2) is 30.3 Å². The number of hydrogen-bond acceptors (Lipinski definition) is 3. The van der Waals surface area contributed by atoms with Gasteiger partial charge in [0.25, 0.3) is 0 Å². The van der Waals surface area contributed by atoms with Crippen LogP contribution in [0.4, 0.5) is 0 Å². The minimum Gasteiger partial charge on any atom is -0.383 e. The summed E-state index contributed by atoms with van der Waals surface area (Å²) in [5.74, 6) is 0.0675. The van der Waals surface area contributed by atoms with Crippen molar-refractivity contribution >= 4 is 5.91 Å². The first-order valence-corrected chi connectivity index (χ1v) is 7.32. The fraction of sp³-hybridized carbons (Fsp3) is 0.562. The van der Waals surface area contributed by atoms with Crippen molar-refractivity contribution in [1.82, 2.24) is 10.6 Å². The summed E-state index contributed by atoms with van der Waals surface area (Å²) >= 11 is 0. The van der Waals surface area contributed by atoms with E-state index in [0.717, 1.165) is 12.8 Å². The summed E-state index contributed by atoms with van der Waals surface area (Å²) in [6, 6.07) is 10.7. The Kier molecular flexibility index (Phi) is 8.67. The molecular formula is C16H26N2O2. The smallest absolute Gasteiger partial charge is 0.221 e. The molecule has 0 saturated heterocycles. The summed E-state index contributed by atoms with van der Waals surface area (Å²) in [6.07, 6.45) is 2.69. The van der Waals surface area contributed by atoms with E-state index in [4.69, 9.17) is 4.74 Å². The maximum atomic E-state index is 11.6. The molecule has 0 aliphatic carbocycles. The lowest BCUT2D eigenvalue weighted by atomic mass is 10.0. The largest absolute Gasteiger partial charge is 0.383 e. The first-order chi connectivity index (χ1) is 9.77. The van der Waals surface area contributed by atoms with E-state index >= 15 is 0 Å². The summed E-state index contributed by atoms with van der Waals surface area (Å²) in [7, 11) is 1.63. The summed E-state index contributed by atoms with van der Waals surface area (Å²) in [5, 5.41) is 6.29. The number of rotatable bonds is 10. The maximum Gasteiger partial charge on any atom is 0.221 e. The Hall–Kier alpha value is -1.39. The number of amides is 1. The molecule has 1 amide bonds. The highest BCUT2D eigenvalue weighted by molar-refractivity contribution is 5.76. The van der Waals surface area contributed by atoms with Crippen molar-refractivity contribution in [2.24, 2.45) is 0 Å². The second-order valence-corrected chi connectivity index (χ2v) is 4.80. The highest BCUT2D eigenvalue weighted by Gasteiger charge is 2.10. The van der Waals surface area contributed by atoms with Gasteiger partial charge in [0.15, 0.2) is 0 Å². The molecule has 1 aromatic rings. The van der Waals surface area contributed by atoms with Crippen LogP contribution in [-0.4, -0.2) is 32.7 Å². The predicted molar refractivity (Wildman–Crippen MR) is 81.6 cm³/mol. The van der Waals surface area contributed by atoms with Crippen LogP contribution in [0.25, 0.3) is 0 Å². The molecule has 0 aliphatic rings. The zero-order valence-corrected chi connectivity index (χ0v) is 12.5. The average molecular weight is 278 g/mol. The Balaban J connectivity index is 2.31. The van der Waals surface area contributed by atoms with Crippen LogP contribution >= 0.6 is 0 Å². The lowest BCUT2D eigenvalue weighted by Crippen LogP contribution is -2.31. The normalized spacial score (nSPS) is 12.1. The van der Waals surface area contributed by atoms with E-state index in [1.54, 1.807) is 7.11 Å². The maximum absolute atomic E-state index is 11.6. The average Bonchev–Trinajstić information content (AvgIpc) is 2.47. The predicted octanol–water partition coefficient (Wildman–Crippen LogP) is 2.27. The van der Waals surface area contributed by atoms with Crippen LogP contribution in [0, 0.1) is 0 Å². The zero-order chi connectivity index (χ0) is 14.6. The topological polar surface area (TPSA) is 50.4 Å². The molecule has 0 fully saturated rings. The van der Waals surface area contributed by atoms with Gasteiger partial charge in [0, 0.05) is 32.7 Å². The molecular weight excluding hydrogens is 252 g/mol. The molecule has 0 bridgehead atoms. The van der Waals surface area contributed by atoms with Gasteiger partial charge in [-0.1, -0.05) is 43.7 Å². The van der Waals surface area contributed by atoms with Gasteiger partial charge in [0.1, 0.15) is 0 Å². The van der Waals surface area contributed by atoms with Gasteiger partial charge < -0.3 is 15.4 Å². The second kappa shape index (κ2) is 10.4. The summed E-state index contributed by atoms with van der Waals surface area (Å²) < 4.78 is 4.89. The monoisotopic (exact) mass is 278 g/mol. The van der Waals surface area contributed by atoms with Crippen molar-refractivity contribution in [1.29, 1.82) is 0 Å². The first-order valence-electron chi connectivity index (χ1n) is 7.32. The third kappa shape index (κ3) is 6.68. The molecule has 1 aromatic carbocycles. The van der Waals surface area contributed by atoms with E-state index in [-0.39, 0.29) is 5.91 Å². The highest BCUT2D eigenvalue weighted by Crippen LogP contribution is 2.17. The van der Waals surface area contributed by atoms with Gasteiger partial charge in [-0.05, 0) is 12.0 Å². The molecule has 4 nitrogen and oxygen atoms in total. The summed E-state index contributed by atoms with van der Waals surface area (Å²) in [6.45, 7) is 4.00. The number of benzene rings is 1. The van der Waals surface area contributed by atoms with Crippen molar-refractivity contribution in [2.75, 3.05) is 26.8 Å². The fourth-order valence-corrected chi connectivity index (χ4v) is 2.10. The van der Waals surface area contributed by atoms with Crippen LogP contribution in [0.2, 0.25) is 0 Å². The lowest BCUT2D eigenvalue weighted by molar-refractivity contribution is -0.121. The molecule has 112 valence electrons. The Morgan fingerprint density at radius 3 is 2.65 bits per heavy atom. The minimum absolute atomic E-state index is 0.0675. The third-order valence-corrected chi connectivity index (χ3v) is 3.15. The van der Waals surface area contributed by atoms with Crippen LogP contribution in [0.1, 0.15) is 37.8 Å². The number of nitrogens with one attached hydrogen (secondary N) is 2. The molecule has 4 heteroatoms. The van der Waals surface area contributed by atoms with E-state index < -0.39 is 0 Å². The number of carbonyl (C=O) groups is 1. The van der Waals surface area contributed by atoms with Gasteiger partial charge in [-0.2, -0.15) is 0 Å². The van der Waals surface area contributed by atoms with E-state index in [1.807, 2.05) is 6.07 Å². The molecule has 1 unspecified atom stereocenters. The molecule has 0 heterocycles. The molecule has 20 heavy (non-hydrogen) atoms. The van der Waals surface area contributed by atoms with Gasteiger partial charge in [-0.15, -0.1) is 0 Å². The third-order valence-electron chi connectivity index (χ3n) is 3.15. The van der Waals surface area contributed by atoms with E-state index in [1.165, 1.54) is 5.56 Å². The molecule has 0 aromatic heterocycles. The summed E-state index contributed by atoms with van der Waals surface area (Å²) in [4.78, 5) is 11.6. The zero-order valence-electron chi connectivity index (χ0n) is 12.5. The van der Waals surface area contributed by atoms with Gasteiger partial charge >= 0.3 is 0 Å². The van der Waals surface area contributed by atoms with Gasteiger partial charge in [-0.25, -0.2) is 0 Å². The van der Waals surface area contributed by atoms with E-state index in [9.17, 15) is 4.79 Å².